The van der Waals surface area contributed by atoms with Crippen molar-refractivity contribution in [2.24, 2.45) is 0 Å². The van der Waals surface area contributed by atoms with Crippen LogP contribution in [0, 0.1) is 6.92 Å². The second-order valence-electron chi connectivity index (χ2n) is 5.43. The minimum Gasteiger partial charge on any atom is -0.464 e. The molecule has 0 atom stereocenters. The Morgan fingerprint density at radius 3 is 2.96 bits per heavy atom. The Bertz CT molecular complexity index is 1010. The Morgan fingerprint density at radius 1 is 1.21 bits per heavy atom. The molecule has 0 fully saturated rings. The highest BCUT2D eigenvalue weighted by Gasteiger charge is 2.15. The maximum atomic E-state index is 12.6. The SMILES string of the molecule is Cc1ccc(Cn2nccc2NC(=O)c2cnn3ccccc23)o1. The molecule has 0 aliphatic rings. The van der Waals surface area contributed by atoms with E-state index in [4.69, 9.17) is 4.42 Å². The maximum absolute atomic E-state index is 12.6. The zero-order valence-electron chi connectivity index (χ0n) is 13.0. The number of carbonyl (C=O) groups excluding carboxylic acids is 1. The summed E-state index contributed by atoms with van der Waals surface area (Å²) in [5.74, 6) is 2.00. The fraction of sp³-hybridized carbons (Fsp3) is 0.118. The number of amides is 1. The molecule has 0 aliphatic heterocycles. The van der Waals surface area contributed by atoms with Gasteiger partial charge in [0.15, 0.2) is 0 Å². The number of nitrogens with one attached hydrogen (secondary N) is 1. The highest BCUT2D eigenvalue weighted by molar-refractivity contribution is 6.08. The molecule has 120 valence electrons. The van der Waals surface area contributed by atoms with Crippen molar-refractivity contribution in [3.05, 3.63) is 72.1 Å². The Labute approximate surface area is 137 Å². The number of aromatic nitrogens is 4. The molecule has 4 aromatic heterocycles. The van der Waals surface area contributed by atoms with Crippen LogP contribution in [-0.4, -0.2) is 25.3 Å². The molecular weight excluding hydrogens is 306 g/mol. The highest BCUT2D eigenvalue weighted by Crippen LogP contribution is 2.16. The van der Waals surface area contributed by atoms with Crippen LogP contribution in [-0.2, 0) is 6.54 Å². The van der Waals surface area contributed by atoms with Gasteiger partial charge in [0.25, 0.3) is 5.91 Å². The Balaban J connectivity index is 1.57. The molecule has 0 radical (unpaired) electrons. The molecule has 0 aromatic carbocycles. The number of nitrogens with zero attached hydrogens (tertiary/aromatic N) is 4. The fourth-order valence-electron chi connectivity index (χ4n) is 2.58. The monoisotopic (exact) mass is 321 g/mol. The van der Waals surface area contributed by atoms with E-state index in [1.165, 1.54) is 0 Å². The van der Waals surface area contributed by atoms with Crippen molar-refractivity contribution in [3.8, 4) is 0 Å². The molecule has 4 rings (SSSR count). The summed E-state index contributed by atoms with van der Waals surface area (Å²) in [6, 6.07) is 11.1. The minimum atomic E-state index is -0.228. The Morgan fingerprint density at radius 2 is 2.12 bits per heavy atom. The number of furan rings is 1. The van der Waals surface area contributed by atoms with Crippen molar-refractivity contribution >= 4 is 17.2 Å². The first kappa shape index (κ1) is 14.3. The van der Waals surface area contributed by atoms with Gasteiger partial charge < -0.3 is 9.73 Å². The summed E-state index contributed by atoms with van der Waals surface area (Å²) in [7, 11) is 0. The maximum Gasteiger partial charge on any atom is 0.260 e. The van der Waals surface area contributed by atoms with Crippen molar-refractivity contribution in [2.45, 2.75) is 13.5 Å². The molecular formula is C17H15N5O2. The molecule has 0 unspecified atom stereocenters. The van der Waals surface area contributed by atoms with Crippen LogP contribution in [0.4, 0.5) is 5.82 Å². The largest absolute Gasteiger partial charge is 0.464 e. The molecule has 1 N–H and O–H groups in total. The Hall–Kier alpha value is -3.35. The van der Waals surface area contributed by atoms with E-state index < -0.39 is 0 Å². The van der Waals surface area contributed by atoms with Gasteiger partial charge in [0.2, 0.25) is 0 Å². The number of hydrogen-bond acceptors (Lipinski definition) is 4. The van der Waals surface area contributed by atoms with E-state index in [0.717, 1.165) is 17.0 Å². The molecule has 1 amide bonds. The molecule has 4 aromatic rings. The summed E-state index contributed by atoms with van der Waals surface area (Å²) in [4.78, 5) is 12.6. The van der Waals surface area contributed by atoms with Gasteiger partial charge in [-0.15, -0.1) is 0 Å². The minimum absolute atomic E-state index is 0.228. The average Bonchev–Trinajstić information content (AvgIpc) is 3.28. The van der Waals surface area contributed by atoms with Gasteiger partial charge in [-0.3, -0.25) is 4.79 Å². The number of anilines is 1. The van der Waals surface area contributed by atoms with E-state index in [1.807, 2.05) is 37.3 Å². The van der Waals surface area contributed by atoms with E-state index in [-0.39, 0.29) is 5.91 Å². The molecule has 7 nitrogen and oxygen atoms in total. The molecule has 4 heterocycles. The van der Waals surface area contributed by atoms with Crippen molar-refractivity contribution in [3.63, 3.8) is 0 Å². The van der Waals surface area contributed by atoms with Crippen LogP contribution >= 0.6 is 0 Å². The third-order valence-corrected chi connectivity index (χ3v) is 3.73. The van der Waals surface area contributed by atoms with Crippen LogP contribution in [0.25, 0.3) is 5.52 Å². The standard InChI is InChI=1S/C17H15N5O2/c1-12-5-6-13(24-12)11-22-16(7-8-18-22)20-17(23)14-10-19-21-9-3-2-4-15(14)21/h2-10H,11H2,1H3,(H,20,23). The van der Waals surface area contributed by atoms with Gasteiger partial charge >= 0.3 is 0 Å². The smallest absolute Gasteiger partial charge is 0.260 e. The lowest BCUT2D eigenvalue weighted by Gasteiger charge is -2.07. The predicted octanol–water partition coefficient (Wildman–Crippen LogP) is 2.73. The molecule has 0 spiro atoms. The van der Waals surface area contributed by atoms with Crippen molar-refractivity contribution < 1.29 is 9.21 Å². The number of hydrogen-bond donors (Lipinski definition) is 1. The third kappa shape index (κ3) is 2.56. The van der Waals surface area contributed by atoms with E-state index in [1.54, 1.807) is 33.9 Å². The van der Waals surface area contributed by atoms with Crippen LogP contribution in [0.2, 0.25) is 0 Å². The second kappa shape index (κ2) is 5.69. The van der Waals surface area contributed by atoms with Crippen LogP contribution in [0.3, 0.4) is 0 Å². The van der Waals surface area contributed by atoms with Gasteiger partial charge in [-0.2, -0.15) is 10.2 Å². The van der Waals surface area contributed by atoms with Crippen molar-refractivity contribution in [1.82, 2.24) is 19.4 Å². The van der Waals surface area contributed by atoms with Crippen LogP contribution in [0.15, 0.2) is 59.4 Å². The summed E-state index contributed by atoms with van der Waals surface area (Å²) < 4.78 is 8.91. The van der Waals surface area contributed by atoms with Gasteiger partial charge in [-0.05, 0) is 31.2 Å². The first-order chi connectivity index (χ1) is 11.7. The molecule has 0 aliphatic carbocycles. The lowest BCUT2D eigenvalue weighted by atomic mass is 10.2. The van der Waals surface area contributed by atoms with Crippen molar-refractivity contribution in [1.29, 1.82) is 0 Å². The molecule has 7 heteroatoms. The first-order valence-electron chi connectivity index (χ1n) is 7.51. The molecule has 0 bridgehead atoms. The lowest BCUT2D eigenvalue weighted by Crippen LogP contribution is -2.16. The molecule has 24 heavy (non-hydrogen) atoms. The second-order valence-corrected chi connectivity index (χ2v) is 5.43. The van der Waals surface area contributed by atoms with E-state index in [9.17, 15) is 4.79 Å². The fourth-order valence-corrected chi connectivity index (χ4v) is 2.58. The van der Waals surface area contributed by atoms with Crippen LogP contribution in [0.5, 0.6) is 0 Å². The first-order valence-corrected chi connectivity index (χ1v) is 7.51. The molecule has 0 saturated carbocycles. The summed E-state index contributed by atoms with van der Waals surface area (Å²) >= 11 is 0. The quantitative estimate of drug-likeness (QED) is 0.627. The topological polar surface area (TPSA) is 77.4 Å². The van der Waals surface area contributed by atoms with Crippen LogP contribution < -0.4 is 5.32 Å². The van der Waals surface area contributed by atoms with Crippen LogP contribution in [0.1, 0.15) is 21.9 Å². The number of aryl methyl sites for hydroxylation is 1. The van der Waals surface area contributed by atoms with E-state index >= 15 is 0 Å². The molecule has 0 saturated heterocycles. The summed E-state index contributed by atoms with van der Waals surface area (Å²) in [5.41, 5.74) is 1.26. The Kier molecular flexibility index (Phi) is 3.38. The van der Waals surface area contributed by atoms with E-state index in [0.29, 0.717) is 17.9 Å². The summed E-state index contributed by atoms with van der Waals surface area (Å²) in [6.45, 7) is 2.34. The van der Waals surface area contributed by atoms with Gasteiger partial charge in [0, 0.05) is 12.3 Å². The number of fused-ring (bicyclic) bond motifs is 1. The van der Waals surface area contributed by atoms with Gasteiger partial charge in [-0.1, -0.05) is 6.07 Å². The highest BCUT2D eigenvalue weighted by atomic mass is 16.3. The normalized spacial score (nSPS) is 11.0. The van der Waals surface area contributed by atoms with Gasteiger partial charge in [0.1, 0.15) is 23.9 Å². The number of pyridine rings is 1. The van der Waals surface area contributed by atoms with E-state index in [2.05, 4.69) is 15.5 Å². The van der Waals surface area contributed by atoms with Gasteiger partial charge in [-0.25, -0.2) is 9.20 Å². The average molecular weight is 321 g/mol. The summed E-state index contributed by atoms with van der Waals surface area (Å²) in [5, 5.41) is 11.3. The summed E-state index contributed by atoms with van der Waals surface area (Å²) in [6.07, 6.45) is 5.00. The zero-order valence-corrected chi connectivity index (χ0v) is 13.0. The number of rotatable bonds is 4. The van der Waals surface area contributed by atoms with Crippen molar-refractivity contribution in [2.75, 3.05) is 5.32 Å². The number of carbonyl (C=O) groups is 1. The third-order valence-electron chi connectivity index (χ3n) is 3.73. The lowest BCUT2D eigenvalue weighted by molar-refractivity contribution is 0.102. The van der Waals surface area contributed by atoms with Gasteiger partial charge in [0.05, 0.1) is 23.5 Å². The predicted molar refractivity (Wildman–Crippen MR) is 87.9 cm³/mol. The zero-order chi connectivity index (χ0) is 16.5.